The van der Waals surface area contributed by atoms with Crippen molar-refractivity contribution < 1.29 is 52.8 Å². The average molecular weight is 678 g/mol. The van der Waals surface area contributed by atoms with Gasteiger partial charge in [-0.3, -0.25) is 24.0 Å². The Hall–Kier alpha value is -4.55. The quantitative estimate of drug-likeness (QED) is 0.429. The summed E-state index contributed by atoms with van der Waals surface area (Å²) in [5.74, 6) is -6.49. The van der Waals surface area contributed by atoms with Crippen LogP contribution in [0.1, 0.15) is 85.1 Å². The fraction of sp³-hybridized carbons (Fsp3) is 0.486. The minimum Gasteiger partial charge on any atom is -0.496 e. The van der Waals surface area contributed by atoms with E-state index in [2.05, 4.69) is 5.32 Å². The molecule has 4 heterocycles. The van der Waals surface area contributed by atoms with Crippen molar-refractivity contribution in [2.45, 2.75) is 85.6 Å². The highest BCUT2D eigenvalue weighted by Crippen LogP contribution is 2.48. The largest absolute Gasteiger partial charge is 0.496 e. The molecule has 49 heavy (non-hydrogen) atoms. The molecule has 7 bridgehead atoms. The maximum atomic E-state index is 14.0. The Morgan fingerprint density at radius 1 is 0.980 bits per heavy atom. The number of aliphatic hydroxyl groups excluding tert-OH is 1. The van der Waals surface area contributed by atoms with Crippen LogP contribution < -0.4 is 14.8 Å². The van der Waals surface area contributed by atoms with Gasteiger partial charge in [0.05, 0.1) is 54.1 Å². The number of amides is 1. The van der Waals surface area contributed by atoms with Crippen LogP contribution in [-0.4, -0.2) is 71.6 Å². The van der Waals surface area contributed by atoms with Crippen LogP contribution >= 0.6 is 0 Å². The Morgan fingerprint density at radius 2 is 1.67 bits per heavy atom. The number of ether oxygens (including phenoxy) is 5. The van der Waals surface area contributed by atoms with Crippen LogP contribution in [0, 0.1) is 30.6 Å². The lowest BCUT2D eigenvalue weighted by atomic mass is 9.75. The molecular formula is C37H43NO11. The van der Waals surface area contributed by atoms with E-state index in [9.17, 15) is 29.1 Å². The predicted octanol–water partition coefficient (Wildman–Crippen LogP) is 4.32. The molecule has 1 aromatic carbocycles. The monoisotopic (exact) mass is 677 g/mol. The van der Waals surface area contributed by atoms with Gasteiger partial charge in [-0.15, -0.1) is 0 Å². The number of esters is 1. The van der Waals surface area contributed by atoms with Crippen molar-refractivity contribution in [2.24, 2.45) is 23.7 Å². The van der Waals surface area contributed by atoms with E-state index in [0.29, 0.717) is 5.56 Å². The molecule has 1 amide bonds. The van der Waals surface area contributed by atoms with E-state index in [1.807, 2.05) is 27.7 Å². The number of allylic oxidation sites excluding steroid dienone is 4. The number of hydrogen-bond donors (Lipinski definition) is 2. The SMILES string of the molecule is COc1c(C)c2c3c4c1C(=O)C(=CC4=O)NC(=O)C(C)=CC=CC(C)C(O)C(C)C1OC(C=COC(C)(O2)C3=O)C(C)C(OC(C)=O)C1C. The number of ketones is 3. The van der Waals surface area contributed by atoms with E-state index in [1.54, 1.807) is 32.1 Å². The second-order valence-corrected chi connectivity index (χ2v) is 13.4. The van der Waals surface area contributed by atoms with Crippen LogP contribution in [0.25, 0.3) is 0 Å². The van der Waals surface area contributed by atoms with Crippen LogP contribution in [0.2, 0.25) is 0 Å². The zero-order chi connectivity index (χ0) is 36.1. The van der Waals surface area contributed by atoms with E-state index in [0.717, 1.165) is 6.08 Å². The number of hydrogen-bond acceptors (Lipinski definition) is 11. The standard InChI is InChI=1S/C37H43NO11/c1-16-11-10-12-17(2)36(44)38-23-15-24(40)26-27(30(23)42)33(45-9)21(6)34-28(26)35(43)37(8,49-34)46-14-13-25-18(3)31(47-22(7)39)20(5)32(48-25)19(4)29(16)41/h10-16,18-20,25,29,31-32,41H,1-9H3,(H,38,44). The number of rotatable bonds is 2. The lowest BCUT2D eigenvalue weighted by molar-refractivity contribution is -0.197. The second-order valence-electron chi connectivity index (χ2n) is 13.4. The molecule has 12 nitrogen and oxygen atoms in total. The highest BCUT2D eigenvalue weighted by molar-refractivity contribution is 6.31. The number of aliphatic hydroxyl groups is 1. The normalized spacial score (nSPS) is 33.1. The summed E-state index contributed by atoms with van der Waals surface area (Å²) < 4.78 is 29.9. The molecule has 2 N–H and O–H groups in total. The Labute approximate surface area is 285 Å². The number of carbonyl (C=O) groups excluding carboxylic acids is 5. The van der Waals surface area contributed by atoms with Gasteiger partial charge in [-0.1, -0.05) is 45.9 Å². The van der Waals surface area contributed by atoms with Crippen molar-refractivity contribution >= 4 is 29.2 Å². The zero-order valence-corrected chi connectivity index (χ0v) is 29.1. The average Bonchev–Trinajstić information content (AvgIpc) is 3.31. The number of carbonyl (C=O) groups is 5. The second kappa shape index (κ2) is 13.4. The summed E-state index contributed by atoms with van der Waals surface area (Å²) in [6, 6.07) is 0. The molecule has 9 unspecified atom stereocenters. The first-order valence-corrected chi connectivity index (χ1v) is 16.3. The lowest BCUT2D eigenvalue weighted by Crippen LogP contribution is -2.54. The van der Waals surface area contributed by atoms with Crippen molar-refractivity contribution in [1.82, 2.24) is 5.32 Å². The molecule has 1 saturated heterocycles. The van der Waals surface area contributed by atoms with E-state index >= 15 is 0 Å². The van der Waals surface area contributed by atoms with Gasteiger partial charge >= 0.3 is 11.8 Å². The molecule has 12 heteroatoms. The first kappa shape index (κ1) is 35.7. The molecule has 262 valence electrons. The van der Waals surface area contributed by atoms with Gasteiger partial charge in [-0.2, -0.15) is 0 Å². The molecule has 6 rings (SSSR count). The van der Waals surface area contributed by atoms with Gasteiger partial charge in [0, 0.05) is 54.7 Å². The van der Waals surface area contributed by atoms with Gasteiger partial charge in [0.1, 0.15) is 17.6 Å². The third-order valence-electron chi connectivity index (χ3n) is 9.98. The first-order chi connectivity index (χ1) is 23.0. The molecule has 9 atom stereocenters. The third-order valence-corrected chi connectivity index (χ3v) is 9.98. The summed E-state index contributed by atoms with van der Waals surface area (Å²) in [5, 5.41) is 13.9. The topological polar surface area (TPSA) is 164 Å². The van der Waals surface area contributed by atoms with Crippen molar-refractivity contribution in [3.63, 3.8) is 0 Å². The molecule has 1 aliphatic carbocycles. The number of Topliss-reactive ketones (excluding diaryl/α,β-unsaturated/α-hetero) is 2. The van der Waals surface area contributed by atoms with E-state index in [-0.39, 0.29) is 57.2 Å². The van der Waals surface area contributed by atoms with Crippen molar-refractivity contribution in [2.75, 3.05) is 7.11 Å². The molecule has 5 aliphatic rings. The van der Waals surface area contributed by atoms with Crippen molar-refractivity contribution in [3.05, 3.63) is 70.2 Å². The van der Waals surface area contributed by atoms with Gasteiger partial charge in [-0.25, -0.2) is 0 Å². The molecule has 0 aromatic heterocycles. The summed E-state index contributed by atoms with van der Waals surface area (Å²) in [7, 11) is 1.33. The summed E-state index contributed by atoms with van der Waals surface area (Å²) in [6.45, 7) is 13.3. The molecule has 0 radical (unpaired) electrons. The molecule has 0 saturated carbocycles. The summed E-state index contributed by atoms with van der Waals surface area (Å²) >= 11 is 0. The Kier molecular flexibility index (Phi) is 9.77. The lowest BCUT2D eigenvalue weighted by Gasteiger charge is -2.46. The minimum absolute atomic E-state index is 0.0240. The van der Waals surface area contributed by atoms with E-state index < -0.39 is 65.3 Å². The van der Waals surface area contributed by atoms with Crippen LogP contribution in [0.5, 0.6) is 11.5 Å². The highest BCUT2D eigenvalue weighted by atomic mass is 16.7. The maximum absolute atomic E-state index is 14.0. The van der Waals surface area contributed by atoms with Gasteiger partial charge in [0.15, 0.2) is 5.78 Å². The zero-order valence-electron chi connectivity index (χ0n) is 29.1. The van der Waals surface area contributed by atoms with Crippen LogP contribution in [0.4, 0.5) is 0 Å². The van der Waals surface area contributed by atoms with Crippen molar-refractivity contribution in [1.29, 1.82) is 0 Å². The van der Waals surface area contributed by atoms with Crippen molar-refractivity contribution in [3.8, 4) is 11.5 Å². The Bertz CT molecular complexity index is 1740. The van der Waals surface area contributed by atoms with Gasteiger partial charge in [-0.05, 0) is 19.9 Å². The van der Waals surface area contributed by atoms with E-state index in [1.165, 1.54) is 33.3 Å². The summed E-state index contributed by atoms with van der Waals surface area (Å²) in [4.78, 5) is 66.7. The number of nitrogens with one attached hydrogen (secondary N) is 1. The first-order valence-electron chi connectivity index (χ1n) is 16.3. The van der Waals surface area contributed by atoms with Crippen LogP contribution in [0.3, 0.4) is 0 Å². The summed E-state index contributed by atoms with van der Waals surface area (Å²) in [5.41, 5.74) is -0.250. The van der Waals surface area contributed by atoms with Gasteiger partial charge < -0.3 is 34.1 Å². The summed E-state index contributed by atoms with van der Waals surface area (Å²) in [6.07, 6.45) is 6.12. The smallest absolute Gasteiger partial charge is 0.312 e. The van der Waals surface area contributed by atoms with Gasteiger partial charge in [0.25, 0.3) is 11.7 Å². The Morgan fingerprint density at radius 3 is 2.33 bits per heavy atom. The Balaban J connectivity index is 1.63. The predicted molar refractivity (Wildman–Crippen MR) is 176 cm³/mol. The number of benzene rings is 1. The van der Waals surface area contributed by atoms with E-state index in [4.69, 9.17) is 23.7 Å². The van der Waals surface area contributed by atoms with Crippen LogP contribution in [-0.2, 0) is 23.8 Å². The van der Waals surface area contributed by atoms with Gasteiger partial charge in [0.2, 0.25) is 5.78 Å². The highest BCUT2D eigenvalue weighted by Gasteiger charge is 2.52. The molecular weight excluding hydrogens is 634 g/mol. The molecule has 0 spiro atoms. The fourth-order valence-electron chi connectivity index (χ4n) is 7.15. The number of fused-ring (bicyclic) bond motifs is 8. The van der Waals surface area contributed by atoms with Crippen LogP contribution in [0.15, 0.2) is 47.9 Å². The minimum atomic E-state index is -1.94. The molecule has 1 aromatic rings. The maximum Gasteiger partial charge on any atom is 0.312 e. The molecule has 1 fully saturated rings. The molecule has 4 aliphatic heterocycles. The number of methoxy groups -OCH3 is 1. The fourth-order valence-corrected chi connectivity index (χ4v) is 7.15. The third kappa shape index (κ3) is 6.23.